The van der Waals surface area contributed by atoms with Crippen LogP contribution >= 0.6 is 12.4 Å². The average molecular weight is 315 g/mol. The van der Waals surface area contributed by atoms with Gasteiger partial charge in [0.1, 0.15) is 0 Å². The lowest BCUT2D eigenvalue weighted by atomic mass is 10.0. The largest absolute Gasteiger partial charge is 0.394 e. The molecule has 1 aromatic carbocycles. The van der Waals surface area contributed by atoms with Gasteiger partial charge in [0, 0.05) is 37.8 Å². The molecule has 1 saturated heterocycles. The molecule has 0 saturated carbocycles. The summed E-state index contributed by atoms with van der Waals surface area (Å²) in [5.41, 5.74) is -0.748. The smallest absolute Gasteiger partial charge is 0.166 e. The van der Waals surface area contributed by atoms with E-state index in [0.717, 1.165) is 0 Å². The minimum absolute atomic E-state index is 0. The van der Waals surface area contributed by atoms with Crippen molar-refractivity contribution in [3.05, 3.63) is 34.9 Å². The molecule has 0 bridgehead atoms. The fourth-order valence-electron chi connectivity index (χ4n) is 2.27. The average Bonchev–Trinajstić information content (AvgIpc) is 2.42. The van der Waals surface area contributed by atoms with E-state index in [1.54, 1.807) is 4.90 Å². The number of aliphatic hydroxyl groups excluding tert-OH is 1. The van der Waals surface area contributed by atoms with Crippen molar-refractivity contribution in [2.24, 2.45) is 0 Å². The minimum atomic E-state index is -1.46. The van der Waals surface area contributed by atoms with Crippen molar-refractivity contribution in [2.45, 2.75) is 6.04 Å². The van der Waals surface area contributed by atoms with Crippen LogP contribution in [0.4, 0.5) is 17.6 Å². The molecule has 0 aliphatic carbocycles. The van der Waals surface area contributed by atoms with E-state index in [9.17, 15) is 22.7 Å². The van der Waals surface area contributed by atoms with Crippen LogP contribution in [0.5, 0.6) is 0 Å². The summed E-state index contributed by atoms with van der Waals surface area (Å²) < 4.78 is 53.8. The second-order valence-corrected chi connectivity index (χ2v) is 4.37. The van der Waals surface area contributed by atoms with Crippen molar-refractivity contribution in [3.63, 3.8) is 0 Å². The molecule has 2 N–H and O–H groups in total. The summed E-state index contributed by atoms with van der Waals surface area (Å²) in [6.45, 7) is 1.41. The Bertz CT molecular complexity index is 443. The lowest BCUT2D eigenvalue weighted by Gasteiger charge is -2.34. The number of halogens is 5. The van der Waals surface area contributed by atoms with E-state index in [4.69, 9.17) is 0 Å². The Morgan fingerprint density at radius 1 is 1.10 bits per heavy atom. The van der Waals surface area contributed by atoms with Gasteiger partial charge in [-0.1, -0.05) is 0 Å². The normalized spacial score (nSPS) is 17.6. The van der Waals surface area contributed by atoms with Crippen molar-refractivity contribution in [3.8, 4) is 0 Å². The number of hydrogen-bond acceptors (Lipinski definition) is 3. The van der Waals surface area contributed by atoms with Gasteiger partial charge in [0.15, 0.2) is 23.3 Å². The summed E-state index contributed by atoms with van der Waals surface area (Å²) in [5, 5.41) is 12.4. The molecular formula is C12H15ClF4N2O. The van der Waals surface area contributed by atoms with E-state index in [0.29, 0.717) is 26.2 Å². The maximum atomic E-state index is 13.7. The van der Waals surface area contributed by atoms with Gasteiger partial charge in [0.25, 0.3) is 0 Å². The van der Waals surface area contributed by atoms with Crippen molar-refractivity contribution in [2.75, 3.05) is 32.8 Å². The molecule has 0 aromatic heterocycles. The molecule has 8 heteroatoms. The first-order valence-corrected chi connectivity index (χ1v) is 5.94. The lowest BCUT2D eigenvalue weighted by Crippen LogP contribution is -2.46. The second kappa shape index (κ2) is 7.21. The summed E-state index contributed by atoms with van der Waals surface area (Å²) in [4.78, 5) is 1.59. The Hall–Kier alpha value is -0.890. The molecule has 1 aliphatic rings. The molecule has 0 spiro atoms. The highest BCUT2D eigenvalue weighted by atomic mass is 35.5. The summed E-state index contributed by atoms with van der Waals surface area (Å²) in [5.74, 6) is -5.81. The number of piperazine rings is 1. The zero-order valence-corrected chi connectivity index (χ0v) is 11.3. The summed E-state index contributed by atoms with van der Waals surface area (Å²) >= 11 is 0. The minimum Gasteiger partial charge on any atom is -0.394 e. The van der Waals surface area contributed by atoms with Crippen molar-refractivity contribution in [1.82, 2.24) is 10.2 Å². The molecule has 1 aliphatic heterocycles. The van der Waals surface area contributed by atoms with Gasteiger partial charge in [-0.3, -0.25) is 4.90 Å². The number of nitrogens with zero attached hydrogens (tertiary/aromatic N) is 1. The topological polar surface area (TPSA) is 35.5 Å². The first-order valence-electron chi connectivity index (χ1n) is 5.94. The highest BCUT2D eigenvalue weighted by Gasteiger charge is 2.30. The zero-order chi connectivity index (χ0) is 14.0. The quantitative estimate of drug-likeness (QED) is 0.657. The molecule has 0 unspecified atom stereocenters. The summed E-state index contributed by atoms with van der Waals surface area (Å²) in [6.07, 6.45) is 0. The maximum Gasteiger partial charge on any atom is 0.166 e. The standard InChI is InChI=1S/C12H14F4N2O.ClH/c13-7-5-8(14)12(16)10(11(7)15)9(6-19)18-3-1-17-2-4-18;/h5,9,17,19H,1-4,6H2;1H/t9-;/m1./s1. The fraction of sp³-hybridized carbons (Fsp3) is 0.500. The predicted octanol–water partition coefficient (Wildman–Crippen LogP) is 1.60. The van der Waals surface area contributed by atoms with Crippen molar-refractivity contribution >= 4 is 12.4 Å². The summed E-state index contributed by atoms with van der Waals surface area (Å²) in [6, 6.07) is -0.923. The van der Waals surface area contributed by atoms with Gasteiger partial charge in [0.2, 0.25) is 0 Å². The van der Waals surface area contributed by atoms with Crippen LogP contribution in [0.2, 0.25) is 0 Å². The van der Waals surface area contributed by atoms with Crippen LogP contribution in [-0.2, 0) is 0 Å². The molecule has 1 heterocycles. The number of rotatable bonds is 3. The summed E-state index contributed by atoms with van der Waals surface area (Å²) in [7, 11) is 0. The molecular weight excluding hydrogens is 300 g/mol. The third-order valence-electron chi connectivity index (χ3n) is 3.24. The van der Waals surface area contributed by atoms with Gasteiger partial charge in [-0.25, -0.2) is 17.6 Å². The number of hydrogen-bond donors (Lipinski definition) is 2. The molecule has 1 atom stereocenters. The fourth-order valence-corrected chi connectivity index (χ4v) is 2.27. The van der Waals surface area contributed by atoms with E-state index in [2.05, 4.69) is 5.32 Å². The number of aliphatic hydroxyl groups is 1. The second-order valence-electron chi connectivity index (χ2n) is 4.37. The molecule has 1 fully saturated rings. The molecule has 0 radical (unpaired) electrons. The van der Waals surface area contributed by atoms with Gasteiger partial charge in [-0.05, 0) is 0 Å². The van der Waals surface area contributed by atoms with Crippen LogP contribution in [-0.4, -0.2) is 42.8 Å². The molecule has 2 rings (SSSR count). The first kappa shape index (κ1) is 17.2. The Labute approximate surface area is 120 Å². The van der Waals surface area contributed by atoms with Crippen LogP contribution in [0.1, 0.15) is 11.6 Å². The Morgan fingerprint density at radius 2 is 1.60 bits per heavy atom. The van der Waals surface area contributed by atoms with E-state index in [1.165, 1.54) is 0 Å². The zero-order valence-electron chi connectivity index (χ0n) is 10.5. The van der Waals surface area contributed by atoms with Gasteiger partial charge >= 0.3 is 0 Å². The Morgan fingerprint density at radius 3 is 2.05 bits per heavy atom. The van der Waals surface area contributed by atoms with E-state index in [1.807, 2.05) is 0 Å². The molecule has 114 valence electrons. The van der Waals surface area contributed by atoms with Crippen molar-refractivity contribution < 1.29 is 22.7 Å². The molecule has 0 amide bonds. The molecule has 20 heavy (non-hydrogen) atoms. The van der Waals surface area contributed by atoms with E-state index >= 15 is 0 Å². The van der Waals surface area contributed by atoms with Gasteiger partial charge in [0.05, 0.1) is 12.6 Å². The van der Waals surface area contributed by atoms with E-state index in [-0.39, 0.29) is 18.5 Å². The first-order chi connectivity index (χ1) is 9.06. The van der Waals surface area contributed by atoms with Crippen LogP contribution in [0.3, 0.4) is 0 Å². The lowest BCUT2D eigenvalue weighted by molar-refractivity contribution is 0.104. The third-order valence-corrected chi connectivity index (χ3v) is 3.24. The van der Waals surface area contributed by atoms with Crippen LogP contribution in [0.15, 0.2) is 6.07 Å². The van der Waals surface area contributed by atoms with Crippen molar-refractivity contribution in [1.29, 1.82) is 0 Å². The van der Waals surface area contributed by atoms with Gasteiger partial charge in [-0.15, -0.1) is 12.4 Å². The Kier molecular flexibility index (Phi) is 6.19. The van der Waals surface area contributed by atoms with E-state index < -0.39 is 41.5 Å². The van der Waals surface area contributed by atoms with Crippen LogP contribution in [0, 0.1) is 23.3 Å². The number of benzene rings is 1. The third kappa shape index (κ3) is 3.22. The highest BCUT2D eigenvalue weighted by Crippen LogP contribution is 2.29. The van der Waals surface area contributed by atoms with Gasteiger partial charge in [-0.2, -0.15) is 0 Å². The SMILES string of the molecule is Cl.OC[C@H](c1c(F)c(F)cc(F)c1F)N1CCNCC1. The highest BCUT2D eigenvalue weighted by molar-refractivity contribution is 5.85. The molecule has 3 nitrogen and oxygen atoms in total. The maximum absolute atomic E-state index is 13.7. The predicted molar refractivity (Wildman–Crippen MR) is 67.8 cm³/mol. The molecule has 1 aromatic rings. The van der Waals surface area contributed by atoms with Crippen LogP contribution in [0.25, 0.3) is 0 Å². The number of nitrogens with one attached hydrogen (secondary N) is 1. The Balaban J connectivity index is 0.00000200. The van der Waals surface area contributed by atoms with Crippen LogP contribution < -0.4 is 5.32 Å². The van der Waals surface area contributed by atoms with Gasteiger partial charge < -0.3 is 10.4 Å². The monoisotopic (exact) mass is 314 g/mol.